The van der Waals surface area contributed by atoms with E-state index in [2.05, 4.69) is 122 Å². The normalized spacial score (nSPS) is 16.8. The van der Waals surface area contributed by atoms with Gasteiger partial charge in [-0.25, -0.2) is 4.98 Å². The van der Waals surface area contributed by atoms with Crippen molar-refractivity contribution >= 4 is 15.4 Å². The molecule has 0 saturated carbocycles. The highest BCUT2D eigenvalue weighted by atomic mass is 32.2. The molecule has 5 rings (SSSR count). The average molecular weight is 756 g/mol. The molecule has 302 valence electrons. The van der Waals surface area contributed by atoms with E-state index < -0.39 is 9.52 Å². The molecule has 53 heavy (non-hydrogen) atoms. The first-order chi connectivity index (χ1) is 24.9. The van der Waals surface area contributed by atoms with Gasteiger partial charge in [0.15, 0.2) is 6.29 Å². The Labute approximate surface area is 326 Å². The molecular formula is C45H77N3O4S. The highest BCUT2D eigenvalue weighted by Gasteiger charge is 2.17. The van der Waals surface area contributed by atoms with Crippen LogP contribution in [0.25, 0.3) is 0 Å². The van der Waals surface area contributed by atoms with Crippen LogP contribution in [0.3, 0.4) is 0 Å². The molecule has 8 heteroatoms. The van der Waals surface area contributed by atoms with Crippen molar-refractivity contribution < 1.29 is 18.4 Å². The molecule has 2 fully saturated rings. The lowest BCUT2D eigenvalue weighted by atomic mass is 10.0. The van der Waals surface area contributed by atoms with E-state index in [4.69, 9.17) is 14.2 Å². The van der Waals surface area contributed by atoms with Crippen LogP contribution in [0, 0.1) is 18.8 Å². The zero-order valence-corrected chi connectivity index (χ0v) is 36.7. The summed E-state index contributed by atoms with van der Waals surface area (Å²) in [4.78, 5) is 6.39. The zero-order valence-electron chi connectivity index (χ0n) is 35.9. The Morgan fingerprint density at radius 2 is 1.49 bits per heavy atom. The van der Waals surface area contributed by atoms with Gasteiger partial charge in [-0.05, 0) is 88.4 Å². The number of nitrogens with zero attached hydrogens (tertiary/aromatic N) is 3. The average Bonchev–Trinajstić information content (AvgIpc) is 3.56. The van der Waals surface area contributed by atoms with Crippen molar-refractivity contribution in [3.8, 4) is 5.75 Å². The fourth-order valence-corrected chi connectivity index (χ4v) is 7.05. The highest BCUT2D eigenvalue weighted by molar-refractivity contribution is 8.00. The molecule has 2 aliphatic rings. The van der Waals surface area contributed by atoms with E-state index in [1.807, 2.05) is 42.3 Å². The molecule has 1 unspecified atom stereocenters. The van der Waals surface area contributed by atoms with Gasteiger partial charge < -0.3 is 23.7 Å². The number of hydrogen-bond acceptors (Lipinski definition) is 6. The van der Waals surface area contributed by atoms with Gasteiger partial charge in [-0.1, -0.05) is 117 Å². The van der Waals surface area contributed by atoms with Crippen LogP contribution >= 0.6 is 0 Å². The van der Waals surface area contributed by atoms with Crippen LogP contribution in [0.4, 0.5) is 0 Å². The number of aromatic nitrogens is 2. The number of aryl methyl sites for hydroxylation is 2. The summed E-state index contributed by atoms with van der Waals surface area (Å²) in [5.74, 6) is 9.41. The summed E-state index contributed by atoms with van der Waals surface area (Å²) in [5, 5.41) is 0. The maximum absolute atomic E-state index is 11.5. The van der Waals surface area contributed by atoms with E-state index in [0.29, 0.717) is 29.6 Å². The largest absolute Gasteiger partial charge is 0.496 e. The predicted octanol–water partition coefficient (Wildman–Crippen LogP) is 10.3. The van der Waals surface area contributed by atoms with Crippen molar-refractivity contribution in [2.45, 2.75) is 119 Å². The summed E-state index contributed by atoms with van der Waals surface area (Å²) in [6.45, 7) is 28.7. The van der Waals surface area contributed by atoms with Gasteiger partial charge in [0, 0.05) is 56.7 Å². The molecule has 2 aliphatic heterocycles. The van der Waals surface area contributed by atoms with Crippen molar-refractivity contribution in [2.75, 3.05) is 51.5 Å². The van der Waals surface area contributed by atoms with Gasteiger partial charge >= 0.3 is 0 Å². The lowest BCUT2D eigenvalue weighted by molar-refractivity contribution is -0.167. The van der Waals surface area contributed by atoms with Gasteiger partial charge in [0.25, 0.3) is 0 Å². The third-order valence-electron chi connectivity index (χ3n) is 8.89. The Balaban J connectivity index is 0.000000332. The molecule has 3 aromatic rings. The molecule has 2 aromatic carbocycles. The molecule has 7 nitrogen and oxygen atoms in total. The fourth-order valence-electron chi connectivity index (χ4n) is 5.66. The Morgan fingerprint density at radius 1 is 0.868 bits per heavy atom. The summed E-state index contributed by atoms with van der Waals surface area (Å²) in [6, 6.07) is 16.8. The number of imidazole rings is 1. The van der Waals surface area contributed by atoms with Crippen molar-refractivity contribution in [1.29, 1.82) is 0 Å². The topological polar surface area (TPSA) is 65.8 Å². The summed E-state index contributed by atoms with van der Waals surface area (Å²) < 4.78 is 29.7. The molecule has 0 radical (unpaired) electrons. The van der Waals surface area contributed by atoms with Crippen LogP contribution in [0.15, 0.2) is 61.1 Å². The van der Waals surface area contributed by atoms with Gasteiger partial charge in [0.05, 0.1) is 20.0 Å². The van der Waals surface area contributed by atoms with Gasteiger partial charge in [0.1, 0.15) is 5.75 Å². The smallest absolute Gasteiger partial charge is 0.157 e. The first-order valence-electron chi connectivity index (χ1n) is 19.9. The second-order valence-corrected chi connectivity index (χ2v) is 18.9. The second kappa shape index (κ2) is 26.2. The third-order valence-corrected chi connectivity index (χ3v) is 10.7. The van der Waals surface area contributed by atoms with Gasteiger partial charge in [0.2, 0.25) is 0 Å². The summed E-state index contributed by atoms with van der Waals surface area (Å²) >= 11 is 0. The minimum atomic E-state index is -1.69. The standard InChI is InChI=1S/C10H14O.C10H14.C9H19NOS.C9H18O2.C7H12N2/c1-8(2)9-6-4-5-7-10(9)11-3;1-8(2)10-6-4-9(3)5-7-10;1-9(2)8-10-4-6-12(3,11)7-5-10;1-8(2)7-11-9-5-3-4-6-10-9;1-6(2)7-4-8-5-9(7)3/h4-8H,1-3H3;4-8H,1-3H3;9H,3-8H2,1-2H3;8-9H,3-7H2,1-2H3;4-6H,1-3H3. The lowest BCUT2D eigenvalue weighted by Crippen LogP contribution is -2.41. The van der Waals surface area contributed by atoms with Crippen molar-refractivity contribution in [1.82, 2.24) is 14.5 Å². The van der Waals surface area contributed by atoms with E-state index in [1.165, 1.54) is 35.2 Å². The van der Waals surface area contributed by atoms with Crippen LogP contribution in [0.5, 0.6) is 5.75 Å². The predicted molar refractivity (Wildman–Crippen MR) is 230 cm³/mol. The monoisotopic (exact) mass is 756 g/mol. The Kier molecular flexibility index (Phi) is 23.9. The summed E-state index contributed by atoms with van der Waals surface area (Å²) in [7, 11) is 2.03. The van der Waals surface area contributed by atoms with Crippen LogP contribution < -0.4 is 4.74 Å². The van der Waals surface area contributed by atoms with Crippen molar-refractivity contribution in [2.24, 2.45) is 18.9 Å². The van der Waals surface area contributed by atoms with Crippen LogP contribution in [-0.2, 0) is 26.0 Å². The number of methoxy groups -OCH3 is 1. The minimum Gasteiger partial charge on any atom is -0.496 e. The Bertz CT molecular complexity index is 1440. The molecule has 0 bridgehead atoms. The van der Waals surface area contributed by atoms with Crippen LogP contribution in [-0.4, -0.2) is 82.3 Å². The molecule has 0 aliphatic carbocycles. The molecular weight excluding hydrogens is 679 g/mol. The quantitative estimate of drug-likeness (QED) is 0.203. The first kappa shape index (κ1) is 48.4. The molecule has 0 N–H and O–H groups in total. The van der Waals surface area contributed by atoms with Crippen molar-refractivity contribution in [3.05, 3.63) is 83.4 Å². The number of para-hydroxylation sites is 1. The molecule has 0 amide bonds. The number of ether oxygens (including phenoxy) is 3. The number of hydrogen-bond donors (Lipinski definition) is 0. The number of benzene rings is 2. The molecule has 1 aromatic heterocycles. The zero-order chi connectivity index (χ0) is 40.0. The van der Waals surface area contributed by atoms with Crippen molar-refractivity contribution in [3.63, 3.8) is 0 Å². The Hall–Kier alpha value is -2.65. The summed E-state index contributed by atoms with van der Waals surface area (Å²) in [5.41, 5.74) is 5.32. The Morgan fingerprint density at radius 3 is 1.91 bits per heavy atom. The second-order valence-electron chi connectivity index (χ2n) is 16.1. The SMILES string of the molecule is C=S1(=O)CCN(CC(C)C)CC1.CC(C)COC1CCCCO1.CC(C)c1cncn1C.COc1ccccc1C(C)C.Cc1ccc(C(C)C)cc1. The first-order valence-corrected chi connectivity index (χ1v) is 22.0. The third kappa shape index (κ3) is 21.7. The fraction of sp³-hybridized carbons (Fsp3) is 0.644. The van der Waals surface area contributed by atoms with Gasteiger partial charge in [-0.3, -0.25) is 4.21 Å². The van der Waals surface area contributed by atoms with E-state index in [1.54, 1.807) is 7.11 Å². The minimum absolute atomic E-state index is 0.0890. The van der Waals surface area contributed by atoms with E-state index in [9.17, 15) is 4.21 Å². The molecule has 0 spiro atoms. The van der Waals surface area contributed by atoms with E-state index in [0.717, 1.165) is 56.5 Å². The van der Waals surface area contributed by atoms with Gasteiger partial charge in [-0.2, -0.15) is 0 Å². The van der Waals surface area contributed by atoms with Gasteiger partial charge in [-0.15, -0.1) is 0 Å². The highest BCUT2D eigenvalue weighted by Crippen LogP contribution is 2.25. The van der Waals surface area contributed by atoms with E-state index >= 15 is 0 Å². The summed E-state index contributed by atoms with van der Waals surface area (Å²) in [6.07, 6.45) is 7.35. The lowest BCUT2D eigenvalue weighted by Gasteiger charge is -2.29. The van der Waals surface area contributed by atoms with Crippen LogP contribution in [0.2, 0.25) is 0 Å². The van der Waals surface area contributed by atoms with E-state index in [-0.39, 0.29) is 6.29 Å². The molecule has 2 saturated heterocycles. The maximum atomic E-state index is 11.5. The number of rotatable bonds is 9. The maximum Gasteiger partial charge on any atom is 0.157 e. The molecule has 3 heterocycles. The van der Waals surface area contributed by atoms with Crippen LogP contribution in [0.1, 0.15) is 129 Å². The molecule has 1 atom stereocenters.